The highest BCUT2D eigenvalue weighted by Gasteiger charge is 2.40. The topological polar surface area (TPSA) is 81.1 Å². The van der Waals surface area contributed by atoms with Gasteiger partial charge in [0.05, 0.1) is 22.3 Å². The zero-order valence-electron chi connectivity index (χ0n) is 17.5. The van der Waals surface area contributed by atoms with Gasteiger partial charge in [0.1, 0.15) is 5.82 Å². The maximum atomic E-state index is 14.2. The van der Waals surface area contributed by atoms with Crippen LogP contribution in [-0.2, 0) is 18.5 Å². The van der Waals surface area contributed by atoms with Crippen LogP contribution >= 0.6 is 0 Å². The number of hydrogen-bond donors (Lipinski definition) is 3. The highest BCUT2D eigenvalue weighted by atomic mass is 19.4. The summed E-state index contributed by atoms with van der Waals surface area (Å²) in [5, 5.41) is 1.71. The average Bonchev–Trinajstić information content (AvgIpc) is 2.71. The number of rotatable bonds is 3. The summed E-state index contributed by atoms with van der Waals surface area (Å²) in [5.41, 5.74) is 0.478. The Hall–Kier alpha value is -3.97. The van der Waals surface area contributed by atoms with Gasteiger partial charge in [-0.3, -0.25) is 4.79 Å². The van der Waals surface area contributed by atoms with E-state index in [-0.39, 0.29) is 17.8 Å². The van der Waals surface area contributed by atoms with E-state index < -0.39 is 75.0 Å². The summed E-state index contributed by atoms with van der Waals surface area (Å²) >= 11 is 0. The Kier molecular flexibility index (Phi) is 6.59. The zero-order valence-corrected chi connectivity index (χ0v) is 17.5. The molecule has 0 atom stereocenters. The number of amides is 1. The molecule has 3 rings (SSSR count). The molecule has 192 valence electrons. The van der Waals surface area contributed by atoms with Crippen molar-refractivity contribution in [2.45, 2.75) is 18.5 Å². The summed E-state index contributed by atoms with van der Waals surface area (Å²) in [6.07, 6.45) is -15.6. The predicted molar refractivity (Wildman–Crippen MR) is 110 cm³/mol. The van der Waals surface area contributed by atoms with Gasteiger partial charge in [0.15, 0.2) is 0 Å². The molecule has 0 aromatic heterocycles. The fraction of sp³-hybridized carbons (Fsp3) is 0.136. The molecule has 36 heavy (non-hydrogen) atoms. The Morgan fingerprint density at radius 3 is 1.64 bits per heavy atom. The molecular formula is C22H13F10N3O. The number of hydrogen-bond acceptors (Lipinski definition) is 3. The first-order valence-electron chi connectivity index (χ1n) is 9.55. The molecule has 0 heterocycles. The number of halogens is 10. The predicted octanol–water partition coefficient (Wildman–Crippen LogP) is 6.97. The maximum absolute atomic E-state index is 14.2. The van der Waals surface area contributed by atoms with Gasteiger partial charge in [-0.25, -0.2) is 4.39 Å². The third-order valence-electron chi connectivity index (χ3n) is 4.87. The largest absolute Gasteiger partial charge is 0.417 e. The summed E-state index contributed by atoms with van der Waals surface area (Å²) in [6.45, 7) is 0. The zero-order chi connectivity index (χ0) is 27.2. The van der Waals surface area contributed by atoms with Crippen LogP contribution in [0.2, 0.25) is 0 Å². The third-order valence-corrected chi connectivity index (χ3v) is 4.87. The molecule has 14 heteroatoms. The summed E-state index contributed by atoms with van der Waals surface area (Å²) < 4.78 is 136. The van der Waals surface area contributed by atoms with Crippen LogP contribution in [0.3, 0.4) is 0 Å². The molecule has 0 saturated heterocycles. The second kappa shape index (κ2) is 8.91. The first-order valence-corrected chi connectivity index (χ1v) is 9.55. The van der Waals surface area contributed by atoms with E-state index in [4.69, 9.17) is 11.5 Å². The van der Waals surface area contributed by atoms with Gasteiger partial charge in [0.2, 0.25) is 0 Å². The van der Waals surface area contributed by atoms with Crippen LogP contribution in [0.1, 0.15) is 27.0 Å². The smallest absolute Gasteiger partial charge is 0.399 e. The van der Waals surface area contributed by atoms with E-state index in [0.29, 0.717) is 18.2 Å². The fourth-order valence-electron chi connectivity index (χ4n) is 3.40. The normalized spacial score (nSPS) is 12.5. The van der Waals surface area contributed by atoms with Gasteiger partial charge in [0, 0.05) is 17.1 Å². The highest BCUT2D eigenvalue weighted by molar-refractivity contribution is 6.06. The lowest BCUT2D eigenvalue weighted by molar-refractivity contribution is -0.139. The molecule has 0 saturated carbocycles. The van der Waals surface area contributed by atoms with Crippen molar-refractivity contribution in [1.29, 1.82) is 0 Å². The Balaban J connectivity index is 2.13. The molecule has 0 radical (unpaired) electrons. The van der Waals surface area contributed by atoms with Crippen LogP contribution in [0.25, 0.3) is 11.1 Å². The van der Waals surface area contributed by atoms with E-state index in [1.165, 1.54) is 0 Å². The molecule has 5 N–H and O–H groups in total. The molecule has 0 bridgehead atoms. The number of anilines is 3. The van der Waals surface area contributed by atoms with Crippen molar-refractivity contribution in [3.8, 4) is 11.1 Å². The summed E-state index contributed by atoms with van der Waals surface area (Å²) in [6, 6.07) is 4.31. The number of carbonyl (C=O) groups is 1. The maximum Gasteiger partial charge on any atom is 0.417 e. The second-order valence-electron chi connectivity index (χ2n) is 7.44. The standard InChI is InChI=1S/C22H13F10N3O/c23-17-7-10(34)6-16(22(30,31)32)18(17)19(36)35-11-2-4-13(15(8-11)21(27,28)29)12-3-1-9(33)5-14(12)20(24,25)26/h1-8H,33-34H2,(H,35,36). The minimum absolute atomic E-state index is 0.214. The number of nitrogens with one attached hydrogen (secondary N) is 1. The van der Waals surface area contributed by atoms with E-state index in [9.17, 15) is 48.7 Å². The van der Waals surface area contributed by atoms with Crippen molar-refractivity contribution in [3.63, 3.8) is 0 Å². The molecule has 0 aliphatic rings. The van der Waals surface area contributed by atoms with E-state index in [0.717, 1.165) is 18.2 Å². The lowest BCUT2D eigenvalue weighted by Crippen LogP contribution is -2.21. The van der Waals surface area contributed by atoms with Crippen molar-refractivity contribution < 1.29 is 48.7 Å². The van der Waals surface area contributed by atoms with E-state index in [1.54, 1.807) is 5.32 Å². The number of nitrogen functional groups attached to an aromatic ring is 2. The third kappa shape index (κ3) is 5.47. The molecule has 0 unspecified atom stereocenters. The fourth-order valence-corrected chi connectivity index (χ4v) is 3.40. The van der Waals surface area contributed by atoms with E-state index >= 15 is 0 Å². The van der Waals surface area contributed by atoms with Crippen LogP contribution in [0.15, 0.2) is 48.5 Å². The number of carbonyl (C=O) groups excluding carboxylic acids is 1. The number of nitrogens with two attached hydrogens (primary N) is 2. The van der Waals surface area contributed by atoms with E-state index in [2.05, 4.69) is 0 Å². The molecule has 4 nitrogen and oxygen atoms in total. The van der Waals surface area contributed by atoms with Gasteiger partial charge >= 0.3 is 18.5 Å². The number of alkyl halides is 9. The van der Waals surface area contributed by atoms with Crippen molar-refractivity contribution in [3.05, 3.63) is 76.6 Å². The second-order valence-corrected chi connectivity index (χ2v) is 7.44. The molecule has 0 aliphatic carbocycles. The Labute approximate surface area is 195 Å². The van der Waals surface area contributed by atoms with Gasteiger partial charge in [0.25, 0.3) is 5.91 Å². The molecule has 3 aromatic rings. The Morgan fingerprint density at radius 1 is 0.639 bits per heavy atom. The van der Waals surface area contributed by atoms with Gasteiger partial charge in [-0.05, 0) is 47.5 Å². The lowest BCUT2D eigenvalue weighted by Gasteiger charge is -2.19. The van der Waals surface area contributed by atoms with Gasteiger partial charge in [-0.15, -0.1) is 0 Å². The first-order chi connectivity index (χ1) is 16.4. The quantitative estimate of drug-likeness (QED) is 0.255. The summed E-state index contributed by atoms with van der Waals surface area (Å²) in [7, 11) is 0. The minimum atomic E-state index is -5.26. The monoisotopic (exact) mass is 525 g/mol. The molecule has 3 aromatic carbocycles. The molecule has 1 amide bonds. The van der Waals surface area contributed by atoms with Crippen LogP contribution < -0.4 is 16.8 Å². The van der Waals surface area contributed by atoms with Gasteiger partial charge in [-0.2, -0.15) is 39.5 Å². The van der Waals surface area contributed by atoms with Crippen LogP contribution in [0.4, 0.5) is 61.0 Å². The van der Waals surface area contributed by atoms with Crippen LogP contribution in [0, 0.1) is 5.82 Å². The highest BCUT2D eigenvalue weighted by Crippen LogP contribution is 2.44. The SMILES string of the molecule is Nc1ccc(-c2ccc(NC(=O)c3c(F)cc(N)cc3C(F)(F)F)cc2C(F)(F)F)c(C(F)(F)F)c1. The summed E-state index contributed by atoms with van der Waals surface area (Å²) in [5.74, 6) is -3.45. The van der Waals surface area contributed by atoms with Crippen molar-refractivity contribution in [2.24, 2.45) is 0 Å². The Morgan fingerprint density at radius 2 is 1.11 bits per heavy atom. The number of benzene rings is 3. The molecular weight excluding hydrogens is 512 g/mol. The van der Waals surface area contributed by atoms with Crippen molar-refractivity contribution >= 4 is 23.0 Å². The molecule has 0 aliphatic heterocycles. The first kappa shape index (κ1) is 26.6. The Bertz CT molecular complexity index is 1330. The van der Waals surface area contributed by atoms with Crippen LogP contribution in [0.5, 0.6) is 0 Å². The van der Waals surface area contributed by atoms with Crippen molar-refractivity contribution in [2.75, 3.05) is 16.8 Å². The van der Waals surface area contributed by atoms with Gasteiger partial charge < -0.3 is 16.8 Å². The van der Waals surface area contributed by atoms with Gasteiger partial charge in [-0.1, -0.05) is 12.1 Å². The van der Waals surface area contributed by atoms with Crippen molar-refractivity contribution in [1.82, 2.24) is 0 Å². The minimum Gasteiger partial charge on any atom is -0.399 e. The summed E-state index contributed by atoms with van der Waals surface area (Å²) in [4.78, 5) is 12.4. The molecule has 0 fully saturated rings. The van der Waals surface area contributed by atoms with E-state index in [1.807, 2.05) is 0 Å². The van der Waals surface area contributed by atoms with Crippen LogP contribution in [-0.4, -0.2) is 5.91 Å². The average molecular weight is 525 g/mol. The molecule has 0 spiro atoms. The lowest BCUT2D eigenvalue weighted by atomic mass is 9.93.